The highest BCUT2D eigenvalue weighted by molar-refractivity contribution is 5.78. The third kappa shape index (κ3) is 4.88. The Morgan fingerprint density at radius 1 is 1.25 bits per heavy atom. The average Bonchev–Trinajstić information content (AvgIpc) is 1.84. The Labute approximate surface area is 73.5 Å². The van der Waals surface area contributed by atoms with Crippen LogP contribution >= 0.6 is 0 Å². The molecule has 1 N–H and O–H groups in total. The summed E-state index contributed by atoms with van der Waals surface area (Å²) in [6.45, 7) is 6.83. The van der Waals surface area contributed by atoms with E-state index in [2.05, 4.69) is 5.32 Å². The molecule has 3 heteroatoms. The van der Waals surface area contributed by atoms with E-state index in [4.69, 9.17) is 0 Å². The standard InChI is InChI=1S/C9H17NO2/c1-6(8(3)11)5-7(2)10-9(4)12/h6-7H,5H2,1-4H3,(H,10,12). The van der Waals surface area contributed by atoms with Gasteiger partial charge in [-0.25, -0.2) is 0 Å². The highest BCUT2D eigenvalue weighted by atomic mass is 16.1. The van der Waals surface area contributed by atoms with Crippen molar-refractivity contribution in [3.8, 4) is 0 Å². The molecule has 0 fully saturated rings. The normalized spacial score (nSPS) is 15.0. The summed E-state index contributed by atoms with van der Waals surface area (Å²) in [5.41, 5.74) is 0. The summed E-state index contributed by atoms with van der Waals surface area (Å²) < 4.78 is 0. The van der Waals surface area contributed by atoms with Crippen LogP contribution < -0.4 is 5.32 Å². The molecule has 0 rings (SSSR count). The van der Waals surface area contributed by atoms with Gasteiger partial charge in [-0.2, -0.15) is 0 Å². The van der Waals surface area contributed by atoms with Crippen LogP contribution in [0.15, 0.2) is 0 Å². The van der Waals surface area contributed by atoms with Gasteiger partial charge in [-0.3, -0.25) is 9.59 Å². The minimum Gasteiger partial charge on any atom is -0.354 e. The summed E-state index contributed by atoms with van der Waals surface area (Å²) in [7, 11) is 0. The maximum Gasteiger partial charge on any atom is 0.217 e. The molecule has 3 nitrogen and oxygen atoms in total. The number of amides is 1. The molecule has 0 spiro atoms. The van der Waals surface area contributed by atoms with Crippen molar-refractivity contribution in [1.82, 2.24) is 5.32 Å². The van der Waals surface area contributed by atoms with Gasteiger partial charge >= 0.3 is 0 Å². The number of nitrogens with one attached hydrogen (secondary N) is 1. The van der Waals surface area contributed by atoms with Gasteiger partial charge < -0.3 is 5.32 Å². The summed E-state index contributed by atoms with van der Waals surface area (Å²) in [6, 6.07) is 0.0846. The van der Waals surface area contributed by atoms with Crippen LogP contribution in [0.2, 0.25) is 0 Å². The second-order valence-electron chi connectivity index (χ2n) is 3.35. The lowest BCUT2D eigenvalue weighted by Gasteiger charge is -2.15. The van der Waals surface area contributed by atoms with Crippen molar-refractivity contribution in [2.24, 2.45) is 5.92 Å². The van der Waals surface area contributed by atoms with Crippen molar-refractivity contribution >= 4 is 11.7 Å². The number of rotatable bonds is 4. The fraction of sp³-hybridized carbons (Fsp3) is 0.778. The average molecular weight is 171 g/mol. The third-order valence-corrected chi connectivity index (χ3v) is 1.85. The van der Waals surface area contributed by atoms with Gasteiger partial charge in [0.05, 0.1) is 0 Å². The zero-order chi connectivity index (χ0) is 9.72. The van der Waals surface area contributed by atoms with Crippen molar-refractivity contribution in [1.29, 1.82) is 0 Å². The third-order valence-electron chi connectivity index (χ3n) is 1.85. The van der Waals surface area contributed by atoms with Gasteiger partial charge in [0.25, 0.3) is 0 Å². The SMILES string of the molecule is CC(=O)NC(C)CC(C)C(C)=O. The van der Waals surface area contributed by atoms with Crippen LogP contribution in [0.3, 0.4) is 0 Å². The van der Waals surface area contributed by atoms with Gasteiger partial charge in [0.1, 0.15) is 5.78 Å². The van der Waals surface area contributed by atoms with E-state index in [0.29, 0.717) is 0 Å². The molecule has 12 heavy (non-hydrogen) atoms. The van der Waals surface area contributed by atoms with Crippen molar-refractivity contribution in [3.05, 3.63) is 0 Å². The Bertz CT molecular complexity index is 177. The Kier molecular flexibility index (Phi) is 4.55. The Hall–Kier alpha value is -0.860. The minimum atomic E-state index is -0.0433. The Morgan fingerprint density at radius 2 is 1.75 bits per heavy atom. The highest BCUT2D eigenvalue weighted by Gasteiger charge is 2.12. The molecule has 0 aromatic rings. The van der Waals surface area contributed by atoms with E-state index < -0.39 is 0 Å². The van der Waals surface area contributed by atoms with Crippen LogP contribution in [0, 0.1) is 5.92 Å². The molecule has 0 saturated carbocycles. The lowest BCUT2D eigenvalue weighted by atomic mass is 9.99. The zero-order valence-electron chi connectivity index (χ0n) is 8.18. The topological polar surface area (TPSA) is 46.2 Å². The predicted molar refractivity (Wildman–Crippen MR) is 47.7 cm³/mol. The number of hydrogen-bond donors (Lipinski definition) is 1. The van der Waals surface area contributed by atoms with Crippen LogP contribution in [0.5, 0.6) is 0 Å². The zero-order valence-corrected chi connectivity index (χ0v) is 8.18. The van der Waals surface area contributed by atoms with Crippen molar-refractivity contribution in [2.45, 2.75) is 40.2 Å². The van der Waals surface area contributed by atoms with Crippen molar-refractivity contribution < 1.29 is 9.59 Å². The van der Waals surface area contributed by atoms with E-state index in [1.54, 1.807) is 6.92 Å². The maximum atomic E-state index is 10.9. The van der Waals surface area contributed by atoms with Gasteiger partial charge in [0.2, 0.25) is 5.91 Å². The van der Waals surface area contributed by atoms with Crippen molar-refractivity contribution in [2.75, 3.05) is 0 Å². The number of hydrogen-bond acceptors (Lipinski definition) is 2. The fourth-order valence-electron chi connectivity index (χ4n) is 1.10. The maximum absolute atomic E-state index is 10.9. The lowest BCUT2D eigenvalue weighted by molar-refractivity contribution is -0.122. The van der Waals surface area contributed by atoms with E-state index in [9.17, 15) is 9.59 Å². The van der Waals surface area contributed by atoms with Crippen LogP contribution in [0.25, 0.3) is 0 Å². The summed E-state index contributed by atoms with van der Waals surface area (Å²) in [5.74, 6) is 0.164. The number of carbonyl (C=O) groups is 2. The lowest BCUT2D eigenvalue weighted by Crippen LogP contribution is -2.32. The molecule has 0 aromatic heterocycles. The second-order valence-corrected chi connectivity index (χ2v) is 3.35. The fourth-order valence-corrected chi connectivity index (χ4v) is 1.10. The summed E-state index contributed by atoms with van der Waals surface area (Å²) >= 11 is 0. The van der Waals surface area contributed by atoms with Gasteiger partial charge in [0, 0.05) is 18.9 Å². The molecule has 0 aromatic carbocycles. The van der Waals surface area contributed by atoms with Crippen LogP contribution in [0.4, 0.5) is 0 Å². The Morgan fingerprint density at radius 3 is 2.08 bits per heavy atom. The van der Waals surface area contributed by atoms with Gasteiger partial charge in [-0.1, -0.05) is 6.92 Å². The first-order chi connectivity index (χ1) is 5.43. The number of ketones is 1. The number of Topliss-reactive ketones (excluding diaryl/α,β-unsaturated/α-hetero) is 1. The molecule has 0 aliphatic heterocycles. The van der Waals surface area contributed by atoms with Gasteiger partial charge in [-0.15, -0.1) is 0 Å². The summed E-state index contributed by atoms with van der Waals surface area (Å²) in [5, 5.41) is 2.74. The molecule has 0 heterocycles. The monoisotopic (exact) mass is 171 g/mol. The molecule has 0 aliphatic rings. The first kappa shape index (κ1) is 11.1. The van der Waals surface area contributed by atoms with Gasteiger partial charge in [0.15, 0.2) is 0 Å². The van der Waals surface area contributed by atoms with Crippen LogP contribution in [0.1, 0.15) is 34.1 Å². The first-order valence-electron chi connectivity index (χ1n) is 4.21. The molecule has 0 aliphatic carbocycles. The Balaban J connectivity index is 3.76. The van der Waals surface area contributed by atoms with Crippen molar-refractivity contribution in [3.63, 3.8) is 0 Å². The first-order valence-corrected chi connectivity index (χ1v) is 4.21. The molecular formula is C9H17NO2. The molecule has 2 atom stereocenters. The predicted octanol–water partition coefficient (Wildman–Crippen LogP) is 1.13. The molecule has 0 radical (unpaired) electrons. The van der Waals surface area contributed by atoms with E-state index in [1.807, 2.05) is 13.8 Å². The minimum absolute atomic E-state index is 0.0341. The molecule has 0 bridgehead atoms. The molecule has 2 unspecified atom stereocenters. The van der Waals surface area contributed by atoms with Crippen LogP contribution in [-0.2, 0) is 9.59 Å². The number of carbonyl (C=O) groups excluding carboxylic acids is 2. The quantitative estimate of drug-likeness (QED) is 0.689. The highest BCUT2D eigenvalue weighted by Crippen LogP contribution is 2.06. The largest absolute Gasteiger partial charge is 0.354 e. The summed E-state index contributed by atoms with van der Waals surface area (Å²) in [4.78, 5) is 21.5. The molecular weight excluding hydrogens is 154 g/mol. The molecule has 0 saturated heterocycles. The second kappa shape index (κ2) is 4.91. The molecule has 1 amide bonds. The van der Waals surface area contributed by atoms with Crippen LogP contribution in [-0.4, -0.2) is 17.7 Å². The smallest absolute Gasteiger partial charge is 0.217 e. The molecule has 70 valence electrons. The van der Waals surface area contributed by atoms with E-state index in [0.717, 1.165) is 6.42 Å². The van der Waals surface area contributed by atoms with Gasteiger partial charge in [-0.05, 0) is 20.3 Å². The summed E-state index contributed by atoms with van der Waals surface area (Å²) in [6.07, 6.45) is 0.717. The van der Waals surface area contributed by atoms with E-state index >= 15 is 0 Å². The van der Waals surface area contributed by atoms with E-state index in [-0.39, 0.29) is 23.7 Å². The van der Waals surface area contributed by atoms with E-state index in [1.165, 1.54) is 6.92 Å².